The molecule has 0 unspecified atom stereocenters. The monoisotopic (exact) mass is 381 g/mol. The third-order valence-electron chi connectivity index (χ3n) is 3.27. The van der Waals surface area contributed by atoms with Crippen LogP contribution in [0.15, 0.2) is 33.0 Å². The second kappa shape index (κ2) is 7.32. The molecule has 3 aromatic rings. The van der Waals surface area contributed by atoms with Crippen molar-refractivity contribution < 1.29 is 18.0 Å². The third kappa shape index (κ3) is 4.23. The maximum Gasteiger partial charge on any atom is 0.261 e. The van der Waals surface area contributed by atoms with E-state index in [2.05, 4.69) is 15.5 Å². The molecular formula is C16H13F2N3O2S2. The molecule has 1 amide bonds. The Kier molecular flexibility index (Phi) is 5.14. The number of rotatable bonds is 5. The molecule has 2 heterocycles. The van der Waals surface area contributed by atoms with E-state index in [4.69, 9.17) is 4.42 Å². The van der Waals surface area contributed by atoms with E-state index in [-0.39, 0.29) is 17.2 Å². The van der Waals surface area contributed by atoms with Gasteiger partial charge in [0.1, 0.15) is 23.2 Å². The number of hydrogen-bond acceptors (Lipinski definition) is 6. The van der Waals surface area contributed by atoms with Gasteiger partial charge in [-0.2, -0.15) is 0 Å². The lowest BCUT2D eigenvalue weighted by Crippen LogP contribution is -2.11. The molecule has 0 radical (unpaired) electrons. The number of nitrogens with zero attached hydrogens (tertiary/aromatic N) is 2. The number of carbonyl (C=O) groups is 1. The molecule has 0 bridgehead atoms. The summed E-state index contributed by atoms with van der Waals surface area (Å²) >= 11 is 2.38. The van der Waals surface area contributed by atoms with Gasteiger partial charge in [-0.15, -0.1) is 10.2 Å². The van der Waals surface area contributed by atoms with Crippen LogP contribution in [-0.2, 0) is 5.75 Å². The number of halogens is 2. The number of anilines is 1. The predicted molar refractivity (Wildman–Crippen MR) is 92.0 cm³/mol. The van der Waals surface area contributed by atoms with Crippen molar-refractivity contribution in [2.24, 2.45) is 0 Å². The summed E-state index contributed by atoms with van der Waals surface area (Å²) in [4.78, 5) is 12.2. The second-order valence-corrected chi connectivity index (χ2v) is 7.38. The number of carbonyl (C=O) groups excluding carboxylic acids is 1. The largest absolute Gasteiger partial charge is 0.466 e. The Morgan fingerprint density at radius 2 is 2.08 bits per heavy atom. The van der Waals surface area contributed by atoms with Crippen molar-refractivity contribution in [3.8, 4) is 0 Å². The minimum atomic E-state index is -0.493. The molecule has 0 saturated carbocycles. The molecule has 25 heavy (non-hydrogen) atoms. The Hall–Kier alpha value is -2.26. The van der Waals surface area contributed by atoms with Gasteiger partial charge in [-0.1, -0.05) is 23.1 Å². The summed E-state index contributed by atoms with van der Waals surface area (Å²) in [6.45, 7) is 3.46. The highest BCUT2D eigenvalue weighted by Gasteiger charge is 2.16. The van der Waals surface area contributed by atoms with Crippen molar-refractivity contribution in [2.45, 2.75) is 23.9 Å². The Bertz CT molecular complexity index is 924. The fraction of sp³-hybridized carbons (Fsp3) is 0.188. The molecule has 130 valence electrons. The van der Waals surface area contributed by atoms with Crippen LogP contribution in [-0.4, -0.2) is 16.1 Å². The standard InChI is InChI=1S/C16H13F2N3O2S2/c1-8-5-12(9(2)23-8)14(22)19-15-20-21-16(25-15)24-7-10-6-11(17)3-4-13(10)18/h3-6H,7H2,1-2H3,(H,19,20,22). The topological polar surface area (TPSA) is 68.0 Å². The lowest BCUT2D eigenvalue weighted by molar-refractivity contribution is 0.102. The number of aromatic nitrogens is 2. The molecule has 9 heteroatoms. The van der Waals surface area contributed by atoms with E-state index in [0.717, 1.165) is 29.5 Å². The summed E-state index contributed by atoms with van der Waals surface area (Å²) in [7, 11) is 0. The Balaban J connectivity index is 1.63. The summed E-state index contributed by atoms with van der Waals surface area (Å²) in [6, 6.07) is 4.96. The van der Waals surface area contributed by atoms with Gasteiger partial charge in [0, 0.05) is 11.3 Å². The minimum absolute atomic E-state index is 0.214. The zero-order valence-corrected chi connectivity index (χ0v) is 14.9. The van der Waals surface area contributed by atoms with Crippen LogP contribution in [0.3, 0.4) is 0 Å². The molecule has 5 nitrogen and oxygen atoms in total. The van der Waals surface area contributed by atoms with Crippen molar-refractivity contribution >= 4 is 34.1 Å². The maximum atomic E-state index is 13.6. The molecule has 3 rings (SSSR count). The van der Waals surface area contributed by atoms with E-state index in [1.54, 1.807) is 19.9 Å². The summed E-state index contributed by atoms with van der Waals surface area (Å²) in [6.07, 6.45) is 0. The Morgan fingerprint density at radius 1 is 1.28 bits per heavy atom. The van der Waals surface area contributed by atoms with Crippen LogP contribution < -0.4 is 5.32 Å². The average molecular weight is 381 g/mol. The summed E-state index contributed by atoms with van der Waals surface area (Å²) in [5, 5.41) is 10.8. The third-order valence-corrected chi connectivity index (χ3v) is 5.29. The van der Waals surface area contributed by atoms with E-state index in [9.17, 15) is 13.6 Å². The van der Waals surface area contributed by atoms with Crippen LogP contribution in [0.4, 0.5) is 13.9 Å². The van der Waals surface area contributed by atoms with Gasteiger partial charge in [0.2, 0.25) is 5.13 Å². The second-order valence-electron chi connectivity index (χ2n) is 5.18. The van der Waals surface area contributed by atoms with E-state index in [0.29, 0.717) is 26.6 Å². The first-order chi connectivity index (χ1) is 11.9. The first-order valence-corrected chi connectivity index (χ1v) is 9.01. The SMILES string of the molecule is Cc1cc(C(=O)Nc2nnc(SCc3cc(F)ccc3F)s2)c(C)o1. The number of aryl methyl sites for hydroxylation is 2. The zero-order chi connectivity index (χ0) is 18.0. The van der Waals surface area contributed by atoms with E-state index >= 15 is 0 Å². The zero-order valence-electron chi connectivity index (χ0n) is 13.3. The molecule has 1 N–H and O–H groups in total. The van der Waals surface area contributed by atoms with Gasteiger partial charge >= 0.3 is 0 Å². The summed E-state index contributed by atoms with van der Waals surface area (Å²) < 4.78 is 32.6. The average Bonchev–Trinajstić information content (AvgIpc) is 3.14. The molecule has 0 saturated heterocycles. The number of amides is 1. The van der Waals surface area contributed by atoms with Gasteiger partial charge in [-0.25, -0.2) is 8.78 Å². The van der Waals surface area contributed by atoms with Gasteiger partial charge in [-0.3, -0.25) is 10.1 Å². The highest BCUT2D eigenvalue weighted by Crippen LogP contribution is 2.29. The van der Waals surface area contributed by atoms with Crippen molar-refractivity contribution in [3.63, 3.8) is 0 Å². The lowest BCUT2D eigenvalue weighted by atomic mass is 10.2. The maximum absolute atomic E-state index is 13.6. The number of furan rings is 1. The van der Waals surface area contributed by atoms with Crippen LogP contribution in [0.1, 0.15) is 27.4 Å². The quantitative estimate of drug-likeness (QED) is 0.518. The van der Waals surface area contributed by atoms with Gasteiger partial charge in [-0.05, 0) is 38.1 Å². The fourth-order valence-corrected chi connectivity index (χ4v) is 3.85. The van der Waals surface area contributed by atoms with Crippen LogP contribution in [0.5, 0.6) is 0 Å². The highest BCUT2D eigenvalue weighted by atomic mass is 32.2. The van der Waals surface area contributed by atoms with E-state index < -0.39 is 11.6 Å². The fourth-order valence-electron chi connectivity index (χ4n) is 2.13. The molecule has 2 aromatic heterocycles. The smallest absolute Gasteiger partial charge is 0.261 e. The van der Waals surface area contributed by atoms with Crippen LogP contribution in [0.25, 0.3) is 0 Å². The van der Waals surface area contributed by atoms with E-state index in [1.165, 1.54) is 11.8 Å². The summed E-state index contributed by atoms with van der Waals surface area (Å²) in [5.74, 6) is 0.0829. The van der Waals surface area contributed by atoms with E-state index in [1.807, 2.05) is 0 Å². The molecule has 1 aromatic carbocycles. The molecule has 0 aliphatic rings. The first kappa shape index (κ1) is 17.6. The van der Waals surface area contributed by atoms with Gasteiger partial charge in [0.05, 0.1) is 5.56 Å². The number of benzene rings is 1. The van der Waals surface area contributed by atoms with Crippen molar-refractivity contribution in [3.05, 3.63) is 58.5 Å². The number of nitrogens with one attached hydrogen (secondary N) is 1. The molecule has 0 aliphatic carbocycles. The molecular weight excluding hydrogens is 368 g/mol. The molecule has 0 spiro atoms. The summed E-state index contributed by atoms with van der Waals surface area (Å²) in [5.41, 5.74) is 0.680. The number of thioether (sulfide) groups is 1. The molecule has 0 fully saturated rings. The Labute approximate surface area is 150 Å². The van der Waals surface area contributed by atoms with Crippen molar-refractivity contribution in [1.29, 1.82) is 0 Å². The van der Waals surface area contributed by atoms with Crippen LogP contribution in [0.2, 0.25) is 0 Å². The van der Waals surface area contributed by atoms with Gasteiger partial charge in [0.25, 0.3) is 5.91 Å². The normalized spacial score (nSPS) is 10.9. The predicted octanol–water partition coefficient (Wildman–Crippen LogP) is 4.57. The molecule has 0 atom stereocenters. The van der Waals surface area contributed by atoms with Crippen molar-refractivity contribution in [1.82, 2.24) is 10.2 Å². The van der Waals surface area contributed by atoms with Gasteiger partial charge in [0.15, 0.2) is 4.34 Å². The van der Waals surface area contributed by atoms with Crippen LogP contribution >= 0.6 is 23.1 Å². The van der Waals surface area contributed by atoms with Crippen molar-refractivity contribution in [2.75, 3.05) is 5.32 Å². The van der Waals surface area contributed by atoms with Crippen LogP contribution in [0, 0.1) is 25.5 Å². The number of hydrogen-bond donors (Lipinski definition) is 1. The first-order valence-electron chi connectivity index (χ1n) is 7.21. The lowest BCUT2D eigenvalue weighted by Gasteiger charge is -2.01. The minimum Gasteiger partial charge on any atom is -0.466 e. The highest BCUT2D eigenvalue weighted by molar-refractivity contribution is 8.00. The van der Waals surface area contributed by atoms with Gasteiger partial charge < -0.3 is 4.42 Å². The Morgan fingerprint density at radius 3 is 2.80 bits per heavy atom. The molecule has 0 aliphatic heterocycles.